The molecule has 0 heterocycles. The molecule has 0 aromatic heterocycles. The quantitative estimate of drug-likeness (QED) is 0.306. The highest BCUT2D eigenvalue weighted by Crippen LogP contribution is 2.26. The van der Waals surface area contributed by atoms with E-state index in [1.807, 2.05) is 50.2 Å². The zero-order valence-corrected chi connectivity index (χ0v) is 24.2. The molecule has 0 spiro atoms. The number of anilines is 1. The summed E-state index contributed by atoms with van der Waals surface area (Å²) < 4.78 is 37.9. The van der Waals surface area contributed by atoms with E-state index < -0.39 is 28.5 Å². The van der Waals surface area contributed by atoms with Crippen LogP contribution in [0.15, 0.2) is 78.9 Å². The van der Waals surface area contributed by atoms with Crippen molar-refractivity contribution in [3.63, 3.8) is 0 Å². The van der Waals surface area contributed by atoms with Crippen LogP contribution in [0.4, 0.5) is 5.69 Å². The first-order valence-electron chi connectivity index (χ1n) is 13.2. The van der Waals surface area contributed by atoms with Crippen molar-refractivity contribution in [1.82, 2.24) is 10.2 Å². The van der Waals surface area contributed by atoms with Gasteiger partial charge in [-0.25, -0.2) is 8.42 Å². The Morgan fingerprint density at radius 1 is 0.900 bits per heavy atom. The van der Waals surface area contributed by atoms with E-state index in [0.717, 1.165) is 22.5 Å². The molecular formula is C30H37N3O6S. The molecule has 1 atom stereocenters. The molecule has 0 bridgehead atoms. The Morgan fingerprint density at radius 3 is 2.15 bits per heavy atom. The lowest BCUT2D eigenvalue weighted by Gasteiger charge is -2.33. The van der Waals surface area contributed by atoms with E-state index in [-0.39, 0.29) is 12.5 Å². The van der Waals surface area contributed by atoms with Crippen molar-refractivity contribution in [3.05, 3.63) is 84.4 Å². The minimum absolute atomic E-state index is 0.107. The van der Waals surface area contributed by atoms with Gasteiger partial charge in [0.1, 0.15) is 29.8 Å². The van der Waals surface area contributed by atoms with Crippen LogP contribution in [0.1, 0.15) is 32.3 Å². The third kappa shape index (κ3) is 8.47. The Hall–Kier alpha value is -4.05. The van der Waals surface area contributed by atoms with Crippen LogP contribution in [0.25, 0.3) is 0 Å². The van der Waals surface area contributed by atoms with E-state index in [1.165, 1.54) is 4.90 Å². The van der Waals surface area contributed by atoms with Crippen molar-refractivity contribution in [2.45, 2.75) is 39.3 Å². The van der Waals surface area contributed by atoms with Crippen LogP contribution >= 0.6 is 0 Å². The molecule has 3 aromatic rings. The number of para-hydroxylation sites is 1. The number of carbonyl (C=O) groups is 2. The zero-order chi connectivity index (χ0) is 29.1. The molecule has 0 aliphatic heterocycles. The second-order valence-corrected chi connectivity index (χ2v) is 11.2. The normalized spacial score (nSPS) is 11.8. The smallest absolute Gasteiger partial charge is 0.244 e. The topological polar surface area (TPSA) is 105 Å². The number of sulfonamides is 1. The first-order chi connectivity index (χ1) is 19.2. The summed E-state index contributed by atoms with van der Waals surface area (Å²) in [4.78, 5) is 28.3. The first-order valence-corrected chi connectivity index (χ1v) is 15.0. The predicted molar refractivity (Wildman–Crippen MR) is 156 cm³/mol. The fourth-order valence-corrected chi connectivity index (χ4v) is 5.02. The number of rotatable bonds is 14. The van der Waals surface area contributed by atoms with E-state index in [9.17, 15) is 18.0 Å². The number of methoxy groups -OCH3 is 1. The van der Waals surface area contributed by atoms with Gasteiger partial charge in [0.15, 0.2) is 0 Å². The minimum atomic E-state index is -3.84. The molecule has 0 radical (unpaired) electrons. The van der Waals surface area contributed by atoms with Gasteiger partial charge in [-0.3, -0.25) is 13.9 Å². The van der Waals surface area contributed by atoms with Gasteiger partial charge >= 0.3 is 0 Å². The molecule has 9 nitrogen and oxygen atoms in total. The van der Waals surface area contributed by atoms with Crippen LogP contribution in [0, 0.1) is 0 Å². The maximum atomic E-state index is 13.8. The van der Waals surface area contributed by atoms with Gasteiger partial charge in [0, 0.05) is 13.1 Å². The summed E-state index contributed by atoms with van der Waals surface area (Å²) in [5, 5.41) is 2.87. The molecule has 0 fully saturated rings. The summed E-state index contributed by atoms with van der Waals surface area (Å²) in [7, 11) is -2.29. The van der Waals surface area contributed by atoms with Crippen molar-refractivity contribution >= 4 is 27.5 Å². The van der Waals surface area contributed by atoms with E-state index in [0.29, 0.717) is 35.9 Å². The van der Waals surface area contributed by atoms with Crippen molar-refractivity contribution in [1.29, 1.82) is 0 Å². The summed E-state index contributed by atoms with van der Waals surface area (Å²) in [6, 6.07) is 22.1. The van der Waals surface area contributed by atoms with Crippen molar-refractivity contribution in [2.75, 3.05) is 30.8 Å². The summed E-state index contributed by atoms with van der Waals surface area (Å²) >= 11 is 0. The third-order valence-electron chi connectivity index (χ3n) is 6.21. The van der Waals surface area contributed by atoms with E-state index in [4.69, 9.17) is 9.47 Å². The second kappa shape index (κ2) is 14.4. The number of nitrogens with one attached hydrogen (secondary N) is 1. The van der Waals surface area contributed by atoms with E-state index >= 15 is 0 Å². The number of carbonyl (C=O) groups excluding carboxylic acids is 2. The summed E-state index contributed by atoms with van der Waals surface area (Å²) in [6.07, 6.45) is 2.15. The standard InChI is InChI=1S/C30H37N3O6S/c1-5-19-31-30(35)28(6-2)32(21-23-11-10-14-27(20-23)38-3)29(34)22-33(40(4,36)37)24-15-17-26(18-16-24)39-25-12-8-7-9-13-25/h7-18,20,28H,5-6,19,21-22H2,1-4H3,(H,31,35)/t28-/m0/s1. The van der Waals surface area contributed by atoms with Gasteiger partial charge in [-0.1, -0.05) is 44.2 Å². The molecule has 3 rings (SSSR count). The van der Waals surface area contributed by atoms with Crippen LogP contribution in [-0.2, 0) is 26.2 Å². The van der Waals surface area contributed by atoms with Crippen LogP contribution in [-0.4, -0.2) is 57.6 Å². The maximum absolute atomic E-state index is 13.8. The van der Waals surface area contributed by atoms with Gasteiger partial charge in [-0.15, -0.1) is 0 Å². The average molecular weight is 568 g/mol. The van der Waals surface area contributed by atoms with Gasteiger partial charge in [-0.05, 0) is 66.9 Å². The lowest BCUT2D eigenvalue weighted by molar-refractivity contribution is -0.140. The number of nitrogens with zero attached hydrogens (tertiary/aromatic N) is 2. The molecule has 40 heavy (non-hydrogen) atoms. The van der Waals surface area contributed by atoms with Gasteiger partial charge < -0.3 is 19.7 Å². The summed E-state index contributed by atoms with van der Waals surface area (Å²) in [5.41, 5.74) is 1.06. The van der Waals surface area contributed by atoms with Crippen LogP contribution in [0.3, 0.4) is 0 Å². The molecule has 10 heteroatoms. The fraction of sp³-hybridized carbons (Fsp3) is 0.333. The number of amides is 2. The highest BCUT2D eigenvalue weighted by atomic mass is 32.2. The molecule has 0 saturated carbocycles. The Balaban J connectivity index is 1.89. The van der Waals surface area contributed by atoms with E-state index in [1.54, 1.807) is 49.6 Å². The average Bonchev–Trinajstić information content (AvgIpc) is 2.95. The predicted octanol–water partition coefficient (Wildman–Crippen LogP) is 4.59. The molecule has 1 N–H and O–H groups in total. The lowest BCUT2D eigenvalue weighted by Crippen LogP contribution is -2.52. The van der Waals surface area contributed by atoms with Crippen molar-refractivity contribution in [2.24, 2.45) is 0 Å². The van der Waals surface area contributed by atoms with Gasteiger partial charge in [0.05, 0.1) is 19.1 Å². The van der Waals surface area contributed by atoms with E-state index in [2.05, 4.69) is 5.32 Å². The largest absolute Gasteiger partial charge is 0.497 e. The Morgan fingerprint density at radius 2 is 1.55 bits per heavy atom. The maximum Gasteiger partial charge on any atom is 0.244 e. The van der Waals surface area contributed by atoms with Crippen molar-refractivity contribution in [3.8, 4) is 17.2 Å². The van der Waals surface area contributed by atoms with Gasteiger partial charge in [0.2, 0.25) is 21.8 Å². The van der Waals surface area contributed by atoms with Crippen LogP contribution in [0.5, 0.6) is 17.2 Å². The molecular weight excluding hydrogens is 530 g/mol. The molecule has 3 aromatic carbocycles. The third-order valence-corrected chi connectivity index (χ3v) is 7.35. The fourth-order valence-electron chi connectivity index (χ4n) is 4.17. The zero-order valence-electron chi connectivity index (χ0n) is 23.4. The number of hydrogen-bond donors (Lipinski definition) is 1. The van der Waals surface area contributed by atoms with Gasteiger partial charge in [-0.2, -0.15) is 0 Å². The minimum Gasteiger partial charge on any atom is -0.497 e. The summed E-state index contributed by atoms with van der Waals surface area (Å²) in [5.74, 6) is 0.993. The Kier molecular flexibility index (Phi) is 11.0. The Labute approximate surface area is 236 Å². The highest BCUT2D eigenvalue weighted by molar-refractivity contribution is 7.92. The SMILES string of the molecule is CCCNC(=O)[C@H](CC)N(Cc1cccc(OC)c1)C(=O)CN(c1ccc(Oc2ccccc2)cc1)S(C)(=O)=O. The van der Waals surface area contributed by atoms with Crippen LogP contribution < -0.4 is 19.1 Å². The molecule has 0 saturated heterocycles. The lowest BCUT2D eigenvalue weighted by atomic mass is 10.1. The molecule has 0 aliphatic rings. The summed E-state index contributed by atoms with van der Waals surface area (Å²) in [6.45, 7) is 3.88. The van der Waals surface area contributed by atoms with Crippen molar-refractivity contribution < 1.29 is 27.5 Å². The molecule has 0 unspecified atom stereocenters. The molecule has 214 valence electrons. The molecule has 0 aliphatic carbocycles. The second-order valence-electron chi connectivity index (χ2n) is 9.27. The van der Waals surface area contributed by atoms with Crippen LogP contribution in [0.2, 0.25) is 0 Å². The monoisotopic (exact) mass is 567 g/mol. The number of benzene rings is 3. The first kappa shape index (κ1) is 30.5. The number of hydrogen-bond acceptors (Lipinski definition) is 6. The van der Waals surface area contributed by atoms with Gasteiger partial charge in [0.25, 0.3) is 0 Å². The molecule has 2 amide bonds. The Bertz CT molecular complexity index is 1360. The number of ether oxygens (including phenoxy) is 2. The highest BCUT2D eigenvalue weighted by Gasteiger charge is 2.31.